The van der Waals surface area contributed by atoms with Crippen LogP contribution in [0.25, 0.3) is 11.1 Å². The van der Waals surface area contributed by atoms with Crippen LogP contribution in [0, 0.1) is 0 Å². The van der Waals surface area contributed by atoms with E-state index in [4.69, 9.17) is 0 Å². The molecule has 1 N–H and O–H groups in total. The van der Waals surface area contributed by atoms with Crippen molar-refractivity contribution in [3.05, 3.63) is 114 Å². The Balaban J connectivity index is 0.000000908. The second-order valence-corrected chi connectivity index (χ2v) is 19.0. The molecule has 4 aromatic carbocycles. The van der Waals surface area contributed by atoms with Crippen molar-refractivity contribution < 1.29 is 90.2 Å². The number of aryl methyl sites for hydroxylation is 3. The number of rotatable bonds is 28. The second-order valence-electron chi connectivity index (χ2n) is 16.3. The first kappa shape index (κ1) is 61.5. The van der Waals surface area contributed by atoms with Gasteiger partial charge < -0.3 is 14.2 Å². The summed E-state index contributed by atoms with van der Waals surface area (Å²) < 4.78 is 67.1. The number of phenols is 1. The van der Waals surface area contributed by atoms with E-state index in [9.17, 15) is 31.0 Å². The molecule has 11 heteroatoms. The Bertz CT molecular complexity index is 1860. The van der Waals surface area contributed by atoms with Gasteiger partial charge in [-0.3, -0.25) is 0 Å². The van der Waals surface area contributed by atoms with E-state index in [2.05, 4.69) is 26.8 Å². The molecular formula is C52H76Na2O7S2. The van der Waals surface area contributed by atoms with Gasteiger partial charge in [0.1, 0.15) is 26.0 Å². The van der Waals surface area contributed by atoms with Crippen LogP contribution < -0.4 is 59.1 Å². The van der Waals surface area contributed by atoms with Gasteiger partial charge in [0.2, 0.25) is 0 Å². The quantitative estimate of drug-likeness (QED) is 0.0343. The van der Waals surface area contributed by atoms with E-state index in [0.717, 1.165) is 49.7 Å². The Labute approximate surface area is 428 Å². The third kappa shape index (κ3) is 27.7. The van der Waals surface area contributed by atoms with Crippen molar-refractivity contribution in [3.63, 3.8) is 0 Å². The fourth-order valence-electron chi connectivity index (χ4n) is 7.61. The molecule has 0 atom stereocenters. The summed E-state index contributed by atoms with van der Waals surface area (Å²) in [6.07, 6.45) is 29.7. The van der Waals surface area contributed by atoms with Gasteiger partial charge in [0.25, 0.3) is 0 Å². The van der Waals surface area contributed by atoms with Gasteiger partial charge in [-0.2, -0.15) is 0 Å². The van der Waals surface area contributed by atoms with Crippen molar-refractivity contribution >= 4 is 20.2 Å². The summed E-state index contributed by atoms with van der Waals surface area (Å²) in [5.74, 6) is 0.379. The fourth-order valence-corrected chi connectivity index (χ4v) is 9.09. The van der Waals surface area contributed by atoms with Gasteiger partial charge >= 0.3 is 59.1 Å². The van der Waals surface area contributed by atoms with Crippen LogP contribution in [0.1, 0.15) is 179 Å². The average molecular weight is 923 g/mol. The Morgan fingerprint density at radius 3 is 1.08 bits per heavy atom. The predicted octanol–water partition coefficient (Wildman–Crippen LogP) is 8.52. The molecule has 63 heavy (non-hydrogen) atoms. The minimum absolute atomic E-state index is 0. The number of aromatic hydroxyl groups is 1. The molecule has 0 amide bonds. The maximum absolute atomic E-state index is 11.2. The molecule has 4 aromatic rings. The van der Waals surface area contributed by atoms with E-state index < -0.39 is 20.2 Å². The van der Waals surface area contributed by atoms with Crippen LogP contribution in [0.15, 0.2) is 107 Å². The van der Waals surface area contributed by atoms with Crippen molar-refractivity contribution in [3.8, 4) is 16.9 Å². The molecule has 0 radical (unpaired) electrons. The summed E-state index contributed by atoms with van der Waals surface area (Å²) in [5, 5.41) is 10.0. The zero-order chi connectivity index (χ0) is 44.6. The Morgan fingerprint density at radius 2 is 0.698 bits per heavy atom. The minimum atomic E-state index is -4.35. The molecule has 7 nitrogen and oxygen atoms in total. The fraction of sp³-hybridized carbons (Fsp3) is 0.538. The van der Waals surface area contributed by atoms with E-state index >= 15 is 0 Å². The maximum Gasteiger partial charge on any atom is 1.00 e. The molecular weight excluding hydrogens is 847 g/mol. The third-order valence-electron chi connectivity index (χ3n) is 11.1. The van der Waals surface area contributed by atoms with Crippen LogP contribution in [0.2, 0.25) is 0 Å². The zero-order valence-electron chi connectivity index (χ0n) is 39.6. The molecule has 0 bridgehead atoms. The van der Waals surface area contributed by atoms with Crippen molar-refractivity contribution in [1.82, 2.24) is 0 Å². The summed E-state index contributed by atoms with van der Waals surface area (Å²) in [5.41, 5.74) is 4.64. The standard InChI is InChI=1S/2C18H30O3S.C16H18O.2Na/c2*1-2-3-4-5-6-7-8-9-10-11-14-17-15-12-13-16-18(17)22(19,20)21;1-2-3-8-13-11-7-12-15(17)16(13)14-9-5-4-6-10-14;;/h2*12-13,15-16H,2-11,14H2,1H3,(H,19,20,21);4-7,9-12,17H,2-3,8H2,1H3;;/q;;;2*+1/p-2. The monoisotopic (exact) mass is 922 g/mol. The molecule has 0 aliphatic rings. The summed E-state index contributed by atoms with van der Waals surface area (Å²) in [6.45, 7) is 6.65. The largest absolute Gasteiger partial charge is 1.00 e. The summed E-state index contributed by atoms with van der Waals surface area (Å²) >= 11 is 0. The number of unbranched alkanes of at least 4 members (excludes halogenated alkanes) is 19. The first-order chi connectivity index (χ1) is 29.4. The van der Waals surface area contributed by atoms with Gasteiger partial charge in [0.05, 0.1) is 9.79 Å². The normalized spacial score (nSPS) is 11.0. The van der Waals surface area contributed by atoms with Crippen molar-refractivity contribution in [2.24, 2.45) is 0 Å². The van der Waals surface area contributed by atoms with Gasteiger partial charge in [0, 0.05) is 5.56 Å². The molecule has 0 saturated heterocycles. The predicted molar refractivity (Wildman–Crippen MR) is 252 cm³/mol. The van der Waals surface area contributed by atoms with Gasteiger partial charge in [0.15, 0.2) is 0 Å². The number of phenolic OH excluding ortho intramolecular Hbond substituents is 1. The number of hydrogen-bond acceptors (Lipinski definition) is 7. The molecule has 0 aliphatic carbocycles. The van der Waals surface area contributed by atoms with E-state index in [0.29, 0.717) is 29.7 Å². The Kier molecular flexibility index (Phi) is 36.7. The molecule has 0 aromatic heterocycles. The van der Waals surface area contributed by atoms with Crippen LogP contribution in [-0.2, 0) is 39.5 Å². The van der Waals surface area contributed by atoms with E-state index in [1.807, 2.05) is 36.4 Å². The summed E-state index contributed by atoms with van der Waals surface area (Å²) in [4.78, 5) is -0.100. The van der Waals surface area contributed by atoms with E-state index in [1.54, 1.807) is 42.5 Å². The van der Waals surface area contributed by atoms with Crippen LogP contribution in [-0.4, -0.2) is 31.0 Å². The molecule has 0 heterocycles. The number of hydrogen-bond donors (Lipinski definition) is 1. The van der Waals surface area contributed by atoms with Crippen molar-refractivity contribution in [2.45, 2.75) is 191 Å². The maximum atomic E-state index is 11.2. The first-order valence-electron chi connectivity index (χ1n) is 23.4. The molecule has 0 spiro atoms. The molecule has 0 saturated carbocycles. The second kappa shape index (κ2) is 37.6. The Hall–Kier alpha value is -1.50. The first-order valence-corrected chi connectivity index (χ1v) is 26.2. The van der Waals surface area contributed by atoms with Crippen LogP contribution >= 0.6 is 0 Å². The van der Waals surface area contributed by atoms with Crippen LogP contribution in [0.4, 0.5) is 0 Å². The van der Waals surface area contributed by atoms with Crippen LogP contribution in [0.3, 0.4) is 0 Å². The molecule has 0 fully saturated rings. The van der Waals surface area contributed by atoms with Gasteiger partial charge in [-0.25, -0.2) is 16.8 Å². The summed E-state index contributed by atoms with van der Waals surface area (Å²) in [6, 6.07) is 29.0. The molecule has 0 unspecified atom stereocenters. The topological polar surface area (TPSA) is 135 Å². The van der Waals surface area contributed by atoms with E-state index in [-0.39, 0.29) is 68.9 Å². The van der Waals surface area contributed by atoms with Crippen molar-refractivity contribution in [1.29, 1.82) is 0 Å². The van der Waals surface area contributed by atoms with Crippen molar-refractivity contribution in [2.75, 3.05) is 0 Å². The van der Waals surface area contributed by atoms with Gasteiger partial charge in [-0.15, -0.1) is 0 Å². The molecule has 0 aliphatic heterocycles. The molecule has 4 rings (SSSR count). The summed E-state index contributed by atoms with van der Waals surface area (Å²) in [7, 11) is -8.69. The third-order valence-corrected chi connectivity index (χ3v) is 12.9. The smallest absolute Gasteiger partial charge is 0.744 e. The van der Waals surface area contributed by atoms with Crippen LogP contribution in [0.5, 0.6) is 5.75 Å². The zero-order valence-corrected chi connectivity index (χ0v) is 45.3. The molecule has 340 valence electrons. The van der Waals surface area contributed by atoms with Gasteiger partial charge in [-0.1, -0.05) is 222 Å². The minimum Gasteiger partial charge on any atom is -0.744 e. The Morgan fingerprint density at radius 1 is 0.381 bits per heavy atom. The SMILES string of the molecule is CCCCCCCCCCCCc1ccccc1S(=O)(=O)[O-].CCCCCCCCCCCCc1ccccc1S(=O)(=O)[O-].CCCCc1cccc(O)c1-c1ccccc1.[Na+].[Na+]. The average Bonchev–Trinajstić information content (AvgIpc) is 3.24. The van der Waals surface area contributed by atoms with Gasteiger partial charge in [-0.05, 0) is 79.0 Å². The number of benzene rings is 4. The van der Waals surface area contributed by atoms with E-state index in [1.165, 1.54) is 127 Å².